The number of hydrogen-bond donors (Lipinski definition) is 1. The van der Waals surface area contributed by atoms with Crippen molar-refractivity contribution in [3.8, 4) is 12.3 Å². The van der Waals surface area contributed by atoms with Gasteiger partial charge in [0.1, 0.15) is 5.82 Å². The lowest BCUT2D eigenvalue weighted by atomic mass is 10.2. The number of rotatable bonds is 6. The number of carbonyl (C=O) groups excluding carboxylic acids is 1. The standard InChI is InChI=1S/C13H13FN2O2/c1-2-3-8-15-13(17)10-18-16-9-11-4-6-12(14)7-5-11/h1,4-7,9H,3,8,10H2,(H,15,17)/i14-1. The number of nitrogens with zero attached hydrogens (tertiary/aromatic N) is 1. The van der Waals surface area contributed by atoms with Gasteiger partial charge >= 0.3 is 0 Å². The summed E-state index contributed by atoms with van der Waals surface area (Å²) in [6, 6.07) is 5.73. The number of carbonyl (C=O) groups is 1. The lowest BCUT2D eigenvalue weighted by Crippen LogP contribution is -2.27. The Kier molecular flexibility index (Phi) is 5.98. The van der Waals surface area contributed by atoms with Gasteiger partial charge in [0.15, 0.2) is 6.61 Å². The molecule has 0 heterocycles. The molecule has 0 aliphatic carbocycles. The largest absolute Gasteiger partial charge is 0.386 e. The number of nitrogens with one attached hydrogen (secondary N) is 1. The van der Waals surface area contributed by atoms with Crippen LogP contribution in [0.15, 0.2) is 29.4 Å². The summed E-state index contributed by atoms with van der Waals surface area (Å²) in [6.45, 7) is 0.239. The van der Waals surface area contributed by atoms with E-state index in [2.05, 4.69) is 16.4 Å². The summed E-state index contributed by atoms with van der Waals surface area (Å²) in [5.41, 5.74) is 0.684. The number of terminal acetylenes is 1. The molecule has 5 heteroatoms. The second-order valence-electron chi connectivity index (χ2n) is 3.36. The Balaban J connectivity index is 2.23. The third-order valence-electron chi connectivity index (χ3n) is 1.93. The number of amides is 1. The second-order valence-corrected chi connectivity index (χ2v) is 3.36. The summed E-state index contributed by atoms with van der Waals surface area (Å²) < 4.78 is 12.6. The van der Waals surface area contributed by atoms with Crippen molar-refractivity contribution >= 4 is 12.1 Å². The highest BCUT2D eigenvalue weighted by Crippen LogP contribution is 1.99. The third-order valence-corrected chi connectivity index (χ3v) is 1.93. The second kappa shape index (κ2) is 7.85. The van der Waals surface area contributed by atoms with Gasteiger partial charge in [0.25, 0.3) is 5.91 Å². The fourth-order valence-electron chi connectivity index (χ4n) is 1.07. The topological polar surface area (TPSA) is 50.7 Å². The summed E-state index contributed by atoms with van der Waals surface area (Å²) in [7, 11) is 0. The zero-order valence-corrected chi connectivity index (χ0v) is 9.73. The van der Waals surface area contributed by atoms with E-state index >= 15 is 0 Å². The molecule has 0 fully saturated rings. The average Bonchev–Trinajstić information content (AvgIpc) is 2.37. The molecule has 1 N–H and O–H groups in total. The van der Waals surface area contributed by atoms with Crippen LogP contribution in [0.2, 0.25) is 0 Å². The zero-order valence-electron chi connectivity index (χ0n) is 9.73. The molecule has 0 spiro atoms. The van der Waals surface area contributed by atoms with Gasteiger partial charge in [-0.3, -0.25) is 4.79 Å². The van der Waals surface area contributed by atoms with E-state index in [0.29, 0.717) is 18.5 Å². The van der Waals surface area contributed by atoms with E-state index in [1.54, 1.807) is 12.1 Å². The Morgan fingerprint density at radius 2 is 2.22 bits per heavy atom. The highest BCUT2D eigenvalue weighted by Gasteiger charge is 1.98. The van der Waals surface area contributed by atoms with Crippen LogP contribution < -0.4 is 5.32 Å². The molecule has 94 valence electrons. The maximum absolute atomic E-state index is 12.6. The van der Waals surface area contributed by atoms with Gasteiger partial charge in [0, 0.05) is 13.0 Å². The number of benzene rings is 1. The maximum atomic E-state index is 12.6. The minimum absolute atomic E-state index is 0.178. The molecule has 0 saturated carbocycles. The minimum atomic E-state index is -0.319. The number of hydrogen-bond acceptors (Lipinski definition) is 3. The Labute approximate surface area is 105 Å². The lowest BCUT2D eigenvalue weighted by Gasteiger charge is -2.01. The smallest absolute Gasteiger partial charge is 0.260 e. The Hall–Kier alpha value is -2.35. The highest BCUT2D eigenvalue weighted by atomic mass is 18.2. The van der Waals surface area contributed by atoms with Gasteiger partial charge in [-0.25, -0.2) is 4.39 Å². The minimum Gasteiger partial charge on any atom is -0.386 e. The van der Waals surface area contributed by atoms with Gasteiger partial charge in [-0.15, -0.1) is 12.3 Å². The van der Waals surface area contributed by atoms with Gasteiger partial charge in [0.05, 0.1) is 6.21 Å². The molecule has 0 bridgehead atoms. The molecule has 1 aromatic rings. The van der Waals surface area contributed by atoms with Gasteiger partial charge < -0.3 is 10.2 Å². The van der Waals surface area contributed by atoms with E-state index in [0.717, 1.165) is 0 Å². The fraction of sp³-hybridized carbons (Fsp3) is 0.231. The molecule has 0 radical (unpaired) electrons. The molecular formula is C13H13FN2O2. The van der Waals surface area contributed by atoms with Crippen LogP contribution in [0.4, 0.5) is 4.39 Å². The fourth-order valence-corrected chi connectivity index (χ4v) is 1.07. The van der Waals surface area contributed by atoms with Crippen molar-refractivity contribution in [3.05, 3.63) is 35.6 Å². The van der Waals surface area contributed by atoms with Crippen molar-refractivity contribution in [2.45, 2.75) is 6.42 Å². The van der Waals surface area contributed by atoms with Gasteiger partial charge in [-0.2, -0.15) is 0 Å². The van der Waals surface area contributed by atoms with Crippen LogP contribution in [-0.2, 0) is 9.63 Å². The van der Waals surface area contributed by atoms with E-state index in [9.17, 15) is 9.18 Å². The lowest BCUT2D eigenvalue weighted by molar-refractivity contribution is -0.125. The quantitative estimate of drug-likeness (QED) is 0.357. The summed E-state index contributed by atoms with van der Waals surface area (Å²) in [5.74, 6) is 1.79. The monoisotopic (exact) mass is 247 g/mol. The van der Waals surface area contributed by atoms with Crippen LogP contribution >= 0.6 is 0 Å². The molecule has 1 rings (SSSR count). The molecule has 0 aliphatic rings. The predicted molar refractivity (Wildman–Crippen MR) is 66.4 cm³/mol. The molecule has 4 nitrogen and oxygen atoms in total. The van der Waals surface area contributed by atoms with Crippen molar-refractivity contribution in [1.82, 2.24) is 5.32 Å². The molecular weight excluding hydrogens is 234 g/mol. The van der Waals surface area contributed by atoms with Gasteiger partial charge in [0.2, 0.25) is 0 Å². The first-order valence-electron chi connectivity index (χ1n) is 5.33. The van der Waals surface area contributed by atoms with Crippen LogP contribution in [-0.4, -0.2) is 25.3 Å². The summed E-state index contributed by atoms with van der Waals surface area (Å²) in [6.07, 6.45) is 6.90. The van der Waals surface area contributed by atoms with Crippen LogP contribution in [0, 0.1) is 18.2 Å². The molecule has 0 atom stereocenters. The summed E-state index contributed by atoms with van der Waals surface area (Å²) >= 11 is 0. The highest BCUT2D eigenvalue weighted by molar-refractivity contribution is 5.79. The Morgan fingerprint density at radius 1 is 1.50 bits per heavy atom. The van der Waals surface area contributed by atoms with Crippen molar-refractivity contribution in [2.24, 2.45) is 5.16 Å². The molecule has 0 unspecified atom stereocenters. The first-order valence-corrected chi connectivity index (χ1v) is 5.33. The van der Waals surface area contributed by atoms with Crippen molar-refractivity contribution in [3.63, 3.8) is 0 Å². The normalized spacial score (nSPS) is 10.0. The van der Waals surface area contributed by atoms with Crippen molar-refractivity contribution in [1.29, 1.82) is 0 Å². The Bertz CT molecular complexity index is 449. The van der Waals surface area contributed by atoms with Crippen LogP contribution in [0.1, 0.15) is 12.0 Å². The molecule has 0 aliphatic heterocycles. The van der Waals surface area contributed by atoms with Crippen molar-refractivity contribution < 1.29 is 14.0 Å². The number of oxime groups is 1. The first-order chi connectivity index (χ1) is 8.72. The SMILES string of the molecule is C#CCCNC(=O)CON=Cc1ccc([18F])cc1. The van der Waals surface area contributed by atoms with E-state index in [4.69, 9.17) is 11.3 Å². The van der Waals surface area contributed by atoms with Crippen LogP contribution in [0.5, 0.6) is 0 Å². The van der Waals surface area contributed by atoms with Crippen LogP contribution in [0.25, 0.3) is 0 Å². The summed E-state index contributed by atoms with van der Waals surface area (Å²) in [5, 5.41) is 6.15. The van der Waals surface area contributed by atoms with E-state index in [-0.39, 0.29) is 18.3 Å². The maximum Gasteiger partial charge on any atom is 0.260 e. The van der Waals surface area contributed by atoms with E-state index < -0.39 is 0 Å². The zero-order chi connectivity index (χ0) is 13.2. The van der Waals surface area contributed by atoms with E-state index in [1.165, 1.54) is 18.3 Å². The van der Waals surface area contributed by atoms with Crippen molar-refractivity contribution in [2.75, 3.05) is 13.2 Å². The molecule has 0 aromatic heterocycles. The van der Waals surface area contributed by atoms with Crippen LogP contribution in [0.3, 0.4) is 0 Å². The molecule has 0 saturated heterocycles. The molecule has 1 aromatic carbocycles. The van der Waals surface area contributed by atoms with E-state index in [1.807, 2.05) is 0 Å². The molecule has 1 amide bonds. The summed E-state index contributed by atoms with van der Waals surface area (Å²) in [4.78, 5) is 15.9. The average molecular weight is 247 g/mol. The first kappa shape index (κ1) is 13.7. The predicted octanol–water partition coefficient (Wildman–Crippen LogP) is 1.32. The molecule has 18 heavy (non-hydrogen) atoms. The third kappa shape index (κ3) is 5.66. The van der Waals surface area contributed by atoms with Gasteiger partial charge in [-0.1, -0.05) is 17.3 Å². The Morgan fingerprint density at radius 3 is 2.89 bits per heavy atom. The van der Waals surface area contributed by atoms with Gasteiger partial charge in [-0.05, 0) is 17.7 Å². The number of halogens is 1.